The van der Waals surface area contributed by atoms with Gasteiger partial charge in [-0.1, -0.05) is 26.0 Å². The van der Waals surface area contributed by atoms with Crippen LogP contribution in [0.25, 0.3) is 0 Å². The number of amides is 1. The molecule has 0 aliphatic carbocycles. The molecule has 0 aromatic heterocycles. The van der Waals surface area contributed by atoms with Gasteiger partial charge in [0.05, 0.1) is 0 Å². The third kappa shape index (κ3) is 4.65. The van der Waals surface area contributed by atoms with Crippen LogP contribution >= 0.6 is 0 Å². The lowest BCUT2D eigenvalue weighted by Gasteiger charge is -2.24. The molecule has 1 fully saturated rings. The Kier molecular flexibility index (Phi) is 4.99. The Hall–Kier alpha value is -1.71. The minimum atomic E-state index is -0.436. The number of nitrogens with zero attached hydrogens (tertiary/aromatic N) is 1. The molecule has 1 aliphatic rings. The van der Waals surface area contributed by atoms with Gasteiger partial charge in [-0.15, -0.1) is 0 Å². The van der Waals surface area contributed by atoms with Gasteiger partial charge in [-0.05, 0) is 50.8 Å². The summed E-state index contributed by atoms with van der Waals surface area (Å²) in [5.41, 5.74) is 2.02. The van der Waals surface area contributed by atoms with Crippen molar-refractivity contribution >= 4 is 11.8 Å². The van der Waals surface area contributed by atoms with Crippen LogP contribution in [0.3, 0.4) is 0 Å². The van der Waals surface area contributed by atoms with Crippen molar-refractivity contribution in [2.75, 3.05) is 18.4 Å². The van der Waals surface area contributed by atoms with Crippen molar-refractivity contribution < 1.29 is 9.53 Å². The number of nitrogens with one attached hydrogen (secondary N) is 1. The summed E-state index contributed by atoms with van der Waals surface area (Å²) in [6.07, 6.45) is 0.734. The maximum absolute atomic E-state index is 12.1. The lowest BCUT2D eigenvalue weighted by Crippen LogP contribution is -2.36. The molecule has 0 saturated carbocycles. The van der Waals surface area contributed by atoms with E-state index in [0.29, 0.717) is 12.5 Å². The van der Waals surface area contributed by atoms with E-state index in [-0.39, 0.29) is 12.1 Å². The molecule has 0 spiro atoms. The zero-order valence-electron chi connectivity index (χ0n) is 14.3. The number of carbonyl (C=O) groups excluding carboxylic acids is 1. The highest BCUT2D eigenvalue weighted by atomic mass is 16.6. The Balaban J connectivity index is 1.91. The van der Waals surface area contributed by atoms with Crippen molar-refractivity contribution in [3.63, 3.8) is 0 Å². The highest BCUT2D eigenvalue weighted by Crippen LogP contribution is 2.22. The zero-order chi connectivity index (χ0) is 16.3. The first-order chi connectivity index (χ1) is 10.2. The summed E-state index contributed by atoms with van der Waals surface area (Å²) in [7, 11) is 0. The molecule has 1 aromatic rings. The van der Waals surface area contributed by atoms with Crippen molar-refractivity contribution in [2.45, 2.75) is 58.6 Å². The molecule has 22 heavy (non-hydrogen) atoms. The summed E-state index contributed by atoms with van der Waals surface area (Å²) in [5.74, 6) is 0.517. The molecule has 1 saturated heterocycles. The molecule has 1 aromatic carbocycles. The smallest absolute Gasteiger partial charge is 0.410 e. The molecule has 0 bridgehead atoms. The second-order valence-electron chi connectivity index (χ2n) is 7.34. The van der Waals surface area contributed by atoms with Gasteiger partial charge in [0, 0.05) is 24.8 Å². The van der Waals surface area contributed by atoms with E-state index >= 15 is 0 Å². The Labute approximate surface area is 133 Å². The van der Waals surface area contributed by atoms with Gasteiger partial charge in [-0.2, -0.15) is 0 Å². The second-order valence-corrected chi connectivity index (χ2v) is 7.34. The van der Waals surface area contributed by atoms with E-state index in [1.807, 2.05) is 20.8 Å². The summed E-state index contributed by atoms with van der Waals surface area (Å²) < 4.78 is 5.43. The number of anilines is 1. The summed E-state index contributed by atoms with van der Waals surface area (Å²) >= 11 is 0. The first-order valence-electron chi connectivity index (χ1n) is 8.09. The highest BCUT2D eigenvalue weighted by molar-refractivity contribution is 5.68. The van der Waals surface area contributed by atoms with Crippen LogP contribution in [0.5, 0.6) is 0 Å². The second kappa shape index (κ2) is 6.59. The first-order valence-corrected chi connectivity index (χ1v) is 8.09. The van der Waals surface area contributed by atoms with Crippen LogP contribution in [0.2, 0.25) is 0 Å². The van der Waals surface area contributed by atoms with Gasteiger partial charge in [0.1, 0.15) is 5.60 Å². The summed E-state index contributed by atoms with van der Waals surface area (Å²) in [6, 6.07) is 8.80. The number of carbonyl (C=O) groups is 1. The Morgan fingerprint density at radius 2 is 2.09 bits per heavy atom. The van der Waals surface area contributed by atoms with Crippen molar-refractivity contribution in [1.29, 1.82) is 0 Å². The highest BCUT2D eigenvalue weighted by Gasteiger charge is 2.29. The summed E-state index contributed by atoms with van der Waals surface area (Å²) in [6.45, 7) is 11.5. The maximum atomic E-state index is 12.1. The summed E-state index contributed by atoms with van der Waals surface area (Å²) in [4.78, 5) is 13.9. The standard InChI is InChI=1S/C18H28N2O2/c1-13(2)14-7-6-8-15(11-14)19-16-9-10-20(12-16)17(21)22-18(3,4)5/h6-8,11,13,16,19H,9-10,12H2,1-5H3. The van der Waals surface area contributed by atoms with Crippen LogP contribution in [-0.4, -0.2) is 35.7 Å². The Morgan fingerprint density at radius 1 is 1.36 bits per heavy atom. The molecule has 1 unspecified atom stereocenters. The number of hydrogen-bond acceptors (Lipinski definition) is 3. The fourth-order valence-electron chi connectivity index (χ4n) is 2.59. The van der Waals surface area contributed by atoms with Crippen LogP contribution in [0.1, 0.15) is 52.5 Å². The quantitative estimate of drug-likeness (QED) is 0.908. The van der Waals surface area contributed by atoms with Crippen molar-refractivity contribution in [1.82, 2.24) is 4.90 Å². The van der Waals surface area contributed by atoms with Crippen LogP contribution in [0.4, 0.5) is 10.5 Å². The summed E-state index contributed by atoms with van der Waals surface area (Å²) in [5, 5.41) is 3.53. The fraction of sp³-hybridized carbons (Fsp3) is 0.611. The number of ether oxygens (including phenoxy) is 1. The van der Waals surface area contributed by atoms with E-state index in [0.717, 1.165) is 18.7 Å². The molecule has 1 amide bonds. The predicted molar refractivity (Wildman–Crippen MR) is 90.4 cm³/mol. The van der Waals surface area contributed by atoms with Crippen molar-refractivity contribution in [2.24, 2.45) is 0 Å². The average Bonchev–Trinajstić information content (AvgIpc) is 2.85. The molecule has 4 heteroatoms. The Morgan fingerprint density at radius 3 is 2.73 bits per heavy atom. The van der Waals surface area contributed by atoms with Gasteiger partial charge in [0.2, 0.25) is 0 Å². The molecule has 0 radical (unpaired) electrons. The van der Waals surface area contributed by atoms with Gasteiger partial charge in [0.15, 0.2) is 0 Å². The largest absolute Gasteiger partial charge is 0.444 e. The van der Waals surface area contributed by atoms with Crippen LogP contribution in [-0.2, 0) is 4.74 Å². The third-order valence-electron chi connectivity index (χ3n) is 3.76. The molecule has 1 heterocycles. The molecule has 122 valence electrons. The van der Waals surface area contributed by atoms with E-state index in [9.17, 15) is 4.79 Å². The maximum Gasteiger partial charge on any atom is 0.410 e. The average molecular weight is 304 g/mol. The zero-order valence-corrected chi connectivity index (χ0v) is 14.3. The SMILES string of the molecule is CC(C)c1cccc(NC2CCN(C(=O)OC(C)(C)C)C2)c1. The number of likely N-dealkylation sites (tertiary alicyclic amines) is 1. The van der Waals surface area contributed by atoms with Crippen molar-refractivity contribution in [3.8, 4) is 0 Å². The van der Waals surface area contributed by atoms with Gasteiger partial charge in [0.25, 0.3) is 0 Å². The molecular weight excluding hydrogens is 276 g/mol. The molecule has 1 aliphatic heterocycles. The normalized spacial score (nSPS) is 18.6. The lowest BCUT2D eigenvalue weighted by molar-refractivity contribution is 0.0293. The minimum Gasteiger partial charge on any atom is -0.444 e. The van der Waals surface area contributed by atoms with E-state index in [1.165, 1.54) is 5.56 Å². The molecular formula is C18H28N2O2. The van der Waals surface area contributed by atoms with Crippen LogP contribution in [0.15, 0.2) is 24.3 Å². The van der Waals surface area contributed by atoms with E-state index in [4.69, 9.17) is 4.74 Å². The van der Waals surface area contributed by atoms with E-state index in [1.54, 1.807) is 4.90 Å². The van der Waals surface area contributed by atoms with E-state index in [2.05, 4.69) is 43.4 Å². The minimum absolute atomic E-state index is 0.215. The van der Waals surface area contributed by atoms with Gasteiger partial charge in [-0.3, -0.25) is 0 Å². The molecule has 4 nitrogen and oxygen atoms in total. The third-order valence-corrected chi connectivity index (χ3v) is 3.76. The van der Waals surface area contributed by atoms with Gasteiger partial charge in [-0.25, -0.2) is 4.79 Å². The van der Waals surface area contributed by atoms with Gasteiger partial charge >= 0.3 is 6.09 Å². The number of hydrogen-bond donors (Lipinski definition) is 1. The molecule has 1 N–H and O–H groups in total. The Bertz CT molecular complexity index is 520. The topological polar surface area (TPSA) is 41.6 Å². The van der Waals surface area contributed by atoms with Crippen LogP contribution < -0.4 is 5.32 Å². The predicted octanol–water partition coefficient (Wildman–Crippen LogP) is 4.23. The molecule has 1 atom stereocenters. The van der Waals surface area contributed by atoms with Crippen molar-refractivity contribution in [3.05, 3.63) is 29.8 Å². The monoisotopic (exact) mass is 304 g/mol. The first kappa shape index (κ1) is 16.7. The fourth-order valence-corrected chi connectivity index (χ4v) is 2.59. The lowest BCUT2D eigenvalue weighted by atomic mass is 10.0. The number of rotatable bonds is 3. The number of benzene rings is 1. The van der Waals surface area contributed by atoms with E-state index < -0.39 is 5.60 Å². The molecule has 2 rings (SSSR count). The van der Waals surface area contributed by atoms with Crippen LogP contribution in [0, 0.1) is 0 Å². The van der Waals surface area contributed by atoms with Gasteiger partial charge < -0.3 is 15.0 Å².